The number of pyridine rings is 1. The van der Waals surface area contributed by atoms with Crippen LogP contribution in [-0.2, 0) is 16.4 Å². The first-order chi connectivity index (χ1) is 10.1. The van der Waals surface area contributed by atoms with E-state index in [1.807, 2.05) is 18.4 Å². The number of nitrogen functional groups attached to an aromatic ring is 1. The number of anilines is 1. The van der Waals surface area contributed by atoms with E-state index in [4.69, 9.17) is 5.84 Å². The van der Waals surface area contributed by atoms with Crippen molar-refractivity contribution in [2.75, 3.05) is 12.0 Å². The monoisotopic (exact) mass is 324 g/mol. The highest BCUT2D eigenvalue weighted by Crippen LogP contribution is 2.36. The van der Waals surface area contributed by atoms with E-state index in [0.717, 1.165) is 12.0 Å². The second kappa shape index (κ2) is 5.38. The molecule has 1 unspecified atom stereocenters. The fourth-order valence-electron chi connectivity index (χ4n) is 2.63. The number of rotatable bonds is 3. The molecule has 2 aromatic heterocycles. The van der Waals surface area contributed by atoms with Gasteiger partial charge in [-0.2, -0.15) is 4.31 Å². The van der Waals surface area contributed by atoms with E-state index in [0.29, 0.717) is 12.2 Å². The standard InChI is InChI=1S/C13H16N4O2S2/c1-9-10-5-8-20-12(10)4-7-17(9)21(18,19)13-11(16-14)3-2-6-15-13/h2-3,5-6,8-9,16H,4,7,14H2,1H3. The van der Waals surface area contributed by atoms with Gasteiger partial charge in [-0.1, -0.05) is 0 Å². The van der Waals surface area contributed by atoms with E-state index in [1.54, 1.807) is 23.5 Å². The van der Waals surface area contributed by atoms with Gasteiger partial charge >= 0.3 is 0 Å². The molecule has 8 heteroatoms. The topological polar surface area (TPSA) is 88.3 Å². The summed E-state index contributed by atoms with van der Waals surface area (Å²) in [6.45, 7) is 2.36. The molecule has 3 rings (SSSR count). The molecule has 0 radical (unpaired) electrons. The summed E-state index contributed by atoms with van der Waals surface area (Å²) in [6, 6.07) is 5.04. The number of thiophene rings is 1. The Balaban J connectivity index is 2.04. The van der Waals surface area contributed by atoms with Crippen LogP contribution < -0.4 is 11.3 Å². The second-order valence-electron chi connectivity index (χ2n) is 4.84. The first kappa shape index (κ1) is 14.5. The van der Waals surface area contributed by atoms with Gasteiger partial charge in [-0.3, -0.25) is 5.84 Å². The minimum Gasteiger partial charge on any atom is -0.321 e. The minimum atomic E-state index is -3.69. The highest BCUT2D eigenvalue weighted by Gasteiger charge is 2.36. The summed E-state index contributed by atoms with van der Waals surface area (Å²) in [5, 5.41) is 1.98. The van der Waals surface area contributed by atoms with Crippen molar-refractivity contribution in [2.45, 2.75) is 24.4 Å². The maximum atomic E-state index is 12.9. The van der Waals surface area contributed by atoms with Crippen molar-refractivity contribution >= 4 is 27.0 Å². The van der Waals surface area contributed by atoms with Crippen LogP contribution in [0, 0.1) is 0 Å². The zero-order valence-corrected chi connectivity index (χ0v) is 13.1. The maximum absolute atomic E-state index is 12.9. The van der Waals surface area contributed by atoms with E-state index >= 15 is 0 Å². The Morgan fingerprint density at radius 3 is 3.05 bits per heavy atom. The third-order valence-corrected chi connectivity index (χ3v) is 6.63. The molecule has 0 fully saturated rings. The fourth-order valence-corrected chi connectivity index (χ4v) is 5.28. The molecule has 0 spiro atoms. The average molecular weight is 324 g/mol. The van der Waals surface area contributed by atoms with Crippen LogP contribution in [0.1, 0.15) is 23.4 Å². The number of nitrogens with one attached hydrogen (secondary N) is 1. The molecule has 6 nitrogen and oxygen atoms in total. The molecule has 3 heterocycles. The molecule has 1 atom stereocenters. The van der Waals surface area contributed by atoms with Crippen LogP contribution in [0.2, 0.25) is 0 Å². The van der Waals surface area contributed by atoms with Gasteiger partial charge in [-0.25, -0.2) is 13.4 Å². The molecule has 0 saturated carbocycles. The van der Waals surface area contributed by atoms with Crippen molar-refractivity contribution in [3.63, 3.8) is 0 Å². The van der Waals surface area contributed by atoms with Crippen LogP contribution in [0.15, 0.2) is 34.8 Å². The maximum Gasteiger partial charge on any atom is 0.263 e. The lowest BCUT2D eigenvalue weighted by atomic mass is 10.0. The first-order valence-corrected chi connectivity index (χ1v) is 8.87. The van der Waals surface area contributed by atoms with Crippen molar-refractivity contribution in [1.29, 1.82) is 0 Å². The largest absolute Gasteiger partial charge is 0.321 e. The molecule has 112 valence electrons. The number of hydrogen-bond acceptors (Lipinski definition) is 6. The van der Waals surface area contributed by atoms with Crippen LogP contribution in [0.25, 0.3) is 0 Å². The number of sulfonamides is 1. The zero-order valence-electron chi connectivity index (χ0n) is 11.5. The Bertz CT molecular complexity index is 757. The van der Waals surface area contributed by atoms with Gasteiger partial charge in [-0.15, -0.1) is 11.3 Å². The van der Waals surface area contributed by atoms with Gasteiger partial charge in [0, 0.05) is 23.7 Å². The van der Waals surface area contributed by atoms with Gasteiger partial charge in [0.15, 0.2) is 5.03 Å². The number of fused-ring (bicyclic) bond motifs is 1. The summed E-state index contributed by atoms with van der Waals surface area (Å²) in [5.74, 6) is 5.40. The smallest absolute Gasteiger partial charge is 0.263 e. The van der Waals surface area contributed by atoms with Crippen molar-refractivity contribution in [3.05, 3.63) is 40.2 Å². The molecule has 0 aliphatic carbocycles. The molecule has 0 bridgehead atoms. The molecule has 0 saturated heterocycles. The van der Waals surface area contributed by atoms with Crippen LogP contribution in [0.3, 0.4) is 0 Å². The van der Waals surface area contributed by atoms with Gasteiger partial charge in [-0.05, 0) is 42.5 Å². The van der Waals surface area contributed by atoms with Gasteiger partial charge in [0.1, 0.15) is 0 Å². The van der Waals surface area contributed by atoms with E-state index in [-0.39, 0.29) is 11.1 Å². The summed E-state index contributed by atoms with van der Waals surface area (Å²) in [7, 11) is -3.69. The molecule has 3 N–H and O–H groups in total. The first-order valence-electron chi connectivity index (χ1n) is 6.55. The molecule has 2 aromatic rings. The Morgan fingerprint density at radius 2 is 2.29 bits per heavy atom. The Hall–Kier alpha value is -1.48. The van der Waals surface area contributed by atoms with Crippen LogP contribution in [0.4, 0.5) is 5.69 Å². The summed E-state index contributed by atoms with van der Waals surface area (Å²) in [5.41, 5.74) is 3.79. The van der Waals surface area contributed by atoms with E-state index < -0.39 is 10.0 Å². The number of nitrogens with zero attached hydrogens (tertiary/aromatic N) is 2. The Labute approximate surface area is 127 Å². The molecular weight excluding hydrogens is 308 g/mol. The summed E-state index contributed by atoms with van der Waals surface area (Å²) >= 11 is 1.68. The highest BCUT2D eigenvalue weighted by molar-refractivity contribution is 7.89. The number of aromatic nitrogens is 1. The predicted molar refractivity (Wildman–Crippen MR) is 82.4 cm³/mol. The summed E-state index contributed by atoms with van der Waals surface area (Å²) in [6.07, 6.45) is 2.19. The van der Waals surface area contributed by atoms with Crippen molar-refractivity contribution in [3.8, 4) is 0 Å². The number of hydrazine groups is 1. The molecule has 1 aliphatic heterocycles. The quantitative estimate of drug-likeness (QED) is 0.663. The van der Waals surface area contributed by atoms with Gasteiger partial charge in [0.25, 0.3) is 10.0 Å². The fraction of sp³-hybridized carbons (Fsp3) is 0.308. The Kier molecular flexibility index (Phi) is 3.70. The van der Waals surface area contributed by atoms with E-state index in [2.05, 4.69) is 10.4 Å². The van der Waals surface area contributed by atoms with E-state index in [1.165, 1.54) is 15.4 Å². The molecular formula is C13H16N4O2S2. The van der Waals surface area contributed by atoms with Gasteiger partial charge < -0.3 is 5.43 Å². The Morgan fingerprint density at radius 1 is 1.48 bits per heavy atom. The zero-order chi connectivity index (χ0) is 15.0. The molecule has 1 aliphatic rings. The normalized spacial score (nSPS) is 19.2. The third kappa shape index (κ3) is 2.34. The van der Waals surface area contributed by atoms with E-state index in [9.17, 15) is 8.42 Å². The third-order valence-electron chi connectivity index (χ3n) is 3.70. The predicted octanol–water partition coefficient (Wildman–Crippen LogP) is 1.74. The average Bonchev–Trinajstić information content (AvgIpc) is 2.96. The lowest BCUT2D eigenvalue weighted by molar-refractivity contribution is 0.328. The SMILES string of the molecule is CC1c2ccsc2CCN1S(=O)(=O)c1ncccc1NN. The van der Waals surface area contributed by atoms with Gasteiger partial charge in [0.05, 0.1) is 5.69 Å². The second-order valence-corrected chi connectivity index (χ2v) is 7.65. The highest BCUT2D eigenvalue weighted by atomic mass is 32.2. The van der Waals surface area contributed by atoms with Crippen LogP contribution in [0.5, 0.6) is 0 Å². The number of nitrogens with two attached hydrogens (primary N) is 1. The van der Waals surface area contributed by atoms with Crippen LogP contribution in [-0.4, -0.2) is 24.3 Å². The lowest BCUT2D eigenvalue weighted by Gasteiger charge is -2.32. The van der Waals surface area contributed by atoms with Gasteiger partial charge in [0.2, 0.25) is 0 Å². The molecule has 0 amide bonds. The van der Waals surface area contributed by atoms with Crippen molar-refractivity contribution in [1.82, 2.24) is 9.29 Å². The number of hydrogen-bond donors (Lipinski definition) is 2. The molecule has 21 heavy (non-hydrogen) atoms. The van der Waals surface area contributed by atoms with Crippen molar-refractivity contribution in [2.24, 2.45) is 5.84 Å². The lowest BCUT2D eigenvalue weighted by Crippen LogP contribution is -2.39. The minimum absolute atomic E-state index is 0.0296. The summed E-state index contributed by atoms with van der Waals surface area (Å²) in [4.78, 5) is 5.26. The van der Waals surface area contributed by atoms with Crippen molar-refractivity contribution < 1.29 is 8.42 Å². The summed E-state index contributed by atoms with van der Waals surface area (Å²) < 4.78 is 27.3. The van der Waals surface area contributed by atoms with Crippen LogP contribution >= 0.6 is 11.3 Å². The molecule has 0 aromatic carbocycles.